The number of hydrogen-bond donors (Lipinski definition) is 2. The molecule has 1 saturated heterocycles. The minimum atomic E-state index is -0.524. The van der Waals surface area contributed by atoms with Crippen molar-refractivity contribution in [3.63, 3.8) is 0 Å². The van der Waals surface area contributed by atoms with Crippen molar-refractivity contribution in [1.82, 2.24) is 4.98 Å². The summed E-state index contributed by atoms with van der Waals surface area (Å²) in [4.78, 5) is 19.5. The Morgan fingerprint density at radius 3 is 2.86 bits per heavy atom. The number of nitrogens with one attached hydrogen (secondary N) is 1. The third-order valence-corrected chi connectivity index (χ3v) is 5.82. The molecular weight excluding hydrogens is 318 g/mol. The number of thiophene rings is 1. The molecule has 1 aliphatic heterocycles. The molecular formula is C15H19N3O2S2. The summed E-state index contributed by atoms with van der Waals surface area (Å²) in [5.74, 6) is -0.0402. The topological polar surface area (TPSA) is 77.2 Å². The standard InChI is InChI=1S/C15H19N3O2S2/c1-10-2-3-12(22-10)11-8-21-14(17-11)18-13(19)15(9-16)4-6-20-7-5-15/h2-3,8H,4-7,9,16H2,1H3,(H,17,18,19). The first-order chi connectivity index (χ1) is 10.6. The van der Waals surface area contributed by atoms with Crippen molar-refractivity contribution in [2.24, 2.45) is 11.1 Å². The van der Waals surface area contributed by atoms with Gasteiger partial charge in [0.1, 0.15) is 0 Å². The molecule has 118 valence electrons. The van der Waals surface area contributed by atoms with Crippen LogP contribution in [0.5, 0.6) is 0 Å². The molecule has 2 aromatic rings. The van der Waals surface area contributed by atoms with E-state index < -0.39 is 5.41 Å². The van der Waals surface area contributed by atoms with Gasteiger partial charge in [-0.3, -0.25) is 4.79 Å². The van der Waals surface area contributed by atoms with Crippen LogP contribution in [0.25, 0.3) is 10.6 Å². The zero-order valence-electron chi connectivity index (χ0n) is 12.4. The molecule has 5 nitrogen and oxygen atoms in total. The molecule has 0 saturated carbocycles. The van der Waals surface area contributed by atoms with E-state index in [4.69, 9.17) is 10.5 Å². The van der Waals surface area contributed by atoms with Crippen LogP contribution in [0.15, 0.2) is 17.5 Å². The molecule has 22 heavy (non-hydrogen) atoms. The third kappa shape index (κ3) is 3.08. The first kappa shape index (κ1) is 15.6. The molecule has 0 atom stereocenters. The van der Waals surface area contributed by atoms with Crippen molar-refractivity contribution in [2.45, 2.75) is 19.8 Å². The molecule has 1 aliphatic rings. The number of aryl methyl sites for hydroxylation is 1. The number of hydrogen-bond acceptors (Lipinski definition) is 6. The maximum Gasteiger partial charge on any atom is 0.233 e. The Labute approximate surface area is 137 Å². The highest BCUT2D eigenvalue weighted by atomic mass is 32.1. The average Bonchev–Trinajstić information content (AvgIpc) is 3.17. The van der Waals surface area contributed by atoms with Crippen LogP contribution in [-0.4, -0.2) is 30.6 Å². The lowest BCUT2D eigenvalue weighted by Crippen LogP contribution is -2.46. The molecule has 3 N–H and O–H groups in total. The summed E-state index contributed by atoms with van der Waals surface area (Å²) >= 11 is 3.15. The SMILES string of the molecule is Cc1ccc(-c2csc(NC(=O)C3(CN)CCOCC3)n2)s1. The van der Waals surface area contributed by atoms with Gasteiger partial charge in [-0.1, -0.05) is 0 Å². The molecule has 0 aromatic carbocycles. The van der Waals surface area contributed by atoms with E-state index in [0.717, 1.165) is 10.6 Å². The highest BCUT2D eigenvalue weighted by Crippen LogP contribution is 2.33. The van der Waals surface area contributed by atoms with Gasteiger partial charge >= 0.3 is 0 Å². The number of nitrogens with two attached hydrogens (primary N) is 1. The van der Waals surface area contributed by atoms with Crippen molar-refractivity contribution in [3.05, 3.63) is 22.4 Å². The molecule has 2 aromatic heterocycles. The Morgan fingerprint density at radius 1 is 1.45 bits per heavy atom. The quantitative estimate of drug-likeness (QED) is 0.899. The lowest BCUT2D eigenvalue weighted by Gasteiger charge is -2.34. The molecule has 0 spiro atoms. The van der Waals surface area contributed by atoms with Crippen LogP contribution in [0.4, 0.5) is 5.13 Å². The van der Waals surface area contributed by atoms with Gasteiger partial charge in [0, 0.05) is 30.0 Å². The van der Waals surface area contributed by atoms with Gasteiger partial charge in [0.2, 0.25) is 5.91 Å². The maximum atomic E-state index is 12.6. The summed E-state index contributed by atoms with van der Waals surface area (Å²) in [5, 5.41) is 5.54. The maximum absolute atomic E-state index is 12.6. The minimum absolute atomic E-state index is 0.0402. The summed E-state index contributed by atoms with van der Waals surface area (Å²) in [6, 6.07) is 4.13. The molecule has 1 amide bonds. The monoisotopic (exact) mass is 337 g/mol. The van der Waals surface area contributed by atoms with Crippen LogP contribution in [0.3, 0.4) is 0 Å². The number of aromatic nitrogens is 1. The molecule has 0 unspecified atom stereocenters. The number of carbonyl (C=O) groups is 1. The van der Waals surface area contributed by atoms with E-state index in [1.807, 2.05) is 5.38 Å². The van der Waals surface area contributed by atoms with E-state index in [0.29, 0.717) is 37.7 Å². The van der Waals surface area contributed by atoms with E-state index in [1.54, 1.807) is 11.3 Å². The lowest BCUT2D eigenvalue weighted by molar-refractivity contribution is -0.130. The normalized spacial score (nSPS) is 17.4. The fourth-order valence-electron chi connectivity index (χ4n) is 2.53. The molecule has 0 aliphatic carbocycles. The number of nitrogens with zero attached hydrogens (tertiary/aromatic N) is 1. The van der Waals surface area contributed by atoms with Crippen LogP contribution >= 0.6 is 22.7 Å². The number of rotatable bonds is 4. The van der Waals surface area contributed by atoms with Gasteiger partial charge < -0.3 is 15.8 Å². The van der Waals surface area contributed by atoms with E-state index in [2.05, 4.69) is 29.4 Å². The van der Waals surface area contributed by atoms with Crippen molar-refractivity contribution < 1.29 is 9.53 Å². The average molecular weight is 337 g/mol. The van der Waals surface area contributed by atoms with E-state index in [9.17, 15) is 4.79 Å². The van der Waals surface area contributed by atoms with E-state index >= 15 is 0 Å². The van der Waals surface area contributed by atoms with Gasteiger partial charge in [0.05, 0.1) is 16.0 Å². The highest BCUT2D eigenvalue weighted by molar-refractivity contribution is 7.17. The Bertz CT molecular complexity index is 659. The van der Waals surface area contributed by atoms with Crippen molar-refractivity contribution in [1.29, 1.82) is 0 Å². The minimum Gasteiger partial charge on any atom is -0.381 e. The fraction of sp³-hybridized carbons (Fsp3) is 0.467. The van der Waals surface area contributed by atoms with Gasteiger partial charge in [-0.2, -0.15) is 0 Å². The van der Waals surface area contributed by atoms with Crippen molar-refractivity contribution in [3.8, 4) is 10.6 Å². The van der Waals surface area contributed by atoms with Crippen molar-refractivity contribution in [2.75, 3.05) is 25.1 Å². The first-order valence-corrected chi connectivity index (χ1v) is 8.94. The first-order valence-electron chi connectivity index (χ1n) is 7.25. The van der Waals surface area contributed by atoms with Crippen LogP contribution < -0.4 is 11.1 Å². The van der Waals surface area contributed by atoms with E-state index in [-0.39, 0.29) is 5.91 Å². The van der Waals surface area contributed by atoms with Crippen LogP contribution in [-0.2, 0) is 9.53 Å². The largest absolute Gasteiger partial charge is 0.381 e. The predicted octanol–water partition coefficient (Wildman–Crippen LogP) is 2.87. The Kier molecular flexibility index (Phi) is 4.58. The molecule has 3 rings (SSSR count). The third-order valence-electron chi connectivity index (χ3n) is 4.04. The predicted molar refractivity (Wildman–Crippen MR) is 90.3 cm³/mol. The Morgan fingerprint density at radius 2 is 2.23 bits per heavy atom. The zero-order chi connectivity index (χ0) is 15.6. The van der Waals surface area contributed by atoms with Crippen LogP contribution in [0, 0.1) is 12.3 Å². The molecule has 0 bridgehead atoms. The number of ether oxygens (including phenoxy) is 1. The Hall–Kier alpha value is -1.28. The fourth-order valence-corrected chi connectivity index (χ4v) is 4.14. The molecule has 7 heteroatoms. The van der Waals surface area contributed by atoms with Gasteiger partial charge in [0.25, 0.3) is 0 Å². The zero-order valence-corrected chi connectivity index (χ0v) is 14.1. The lowest BCUT2D eigenvalue weighted by atomic mass is 9.79. The smallest absolute Gasteiger partial charge is 0.233 e. The molecule has 1 fully saturated rings. The summed E-state index contributed by atoms with van der Waals surface area (Å²) in [5.41, 5.74) is 6.25. The van der Waals surface area contributed by atoms with Crippen LogP contribution in [0.2, 0.25) is 0 Å². The summed E-state index contributed by atoms with van der Waals surface area (Å²) in [7, 11) is 0. The Balaban J connectivity index is 1.73. The van der Waals surface area contributed by atoms with Gasteiger partial charge in [-0.05, 0) is 31.9 Å². The van der Waals surface area contributed by atoms with Gasteiger partial charge in [-0.25, -0.2) is 4.98 Å². The van der Waals surface area contributed by atoms with Gasteiger partial charge in [0.15, 0.2) is 5.13 Å². The highest BCUT2D eigenvalue weighted by Gasteiger charge is 2.39. The van der Waals surface area contributed by atoms with Crippen molar-refractivity contribution >= 4 is 33.7 Å². The number of anilines is 1. The van der Waals surface area contributed by atoms with Gasteiger partial charge in [-0.15, -0.1) is 22.7 Å². The summed E-state index contributed by atoms with van der Waals surface area (Å²) in [6.45, 7) is 3.58. The summed E-state index contributed by atoms with van der Waals surface area (Å²) < 4.78 is 5.34. The second kappa shape index (κ2) is 6.45. The summed E-state index contributed by atoms with van der Waals surface area (Å²) in [6.07, 6.45) is 1.33. The van der Waals surface area contributed by atoms with Crippen LogP contribution in [0.1, 0.15) is 17.7 Å². The number of carbonyl (C=O) groups excluding carboxylic acids is 1. The molecule has 3 heterocycles. The number of amides is 1. The van der Waals surface area contributed by atoms with E-state index in [1.165, 1.54) is 16.2 Å². The number of thiazole rings is 1. The molecule has 0 radical (unpaired) electrons. The second-order valence-corrected chi connectivity index (χ2v) is 7.65. The second-order valence-electron chi connectivity index (χ2n) is 5.50.